The third-order valence-electron chi connectivity index (χ3n) is 9.80. The molecular formula is C33H40N2O. The number of carbonyl (C=O) groups is 1. The number of carbonyl (C=O) groups excluding carboxylic acids is 1. The fourth-order valence-electron chi connectivity index (χ4n) is 7.70. The van der Waals surface area contributed by atoms with Crippen LogP contribution in [-0.2, 0) is 5.41 Å². The molecule has 2 aromatic rings. The minimum atomic E-state index is 0.169. The van der Waals surface area contributed by atoms with Crippen molar-refractivity contribution in [2.45, 2.75) is 68.9 Å². The van der Waals surface area contributed by atoms with Crippen LogP contribution in [0.5, 0.6) is 0 Å². The number of allylic oxidation sites excluding steroid dienone is 4. The number of rotatable bonds is 6. The molecular weight excluding hydrogens is 440 g/mol. The zero-order chi connectivity index (χ0) is 24.4. The molecule has 1 amide bonds. The maximum Gasteiger partial charge on any atom is 0.253 e. The molecule has 2 bridgehead atoms. The quantitative estimate of drug-likeness (QED) is 0.463. The first kappa shape index (κ1) is 23.7. The van der Waals surface area contributed by atoms with Crippen LogP contribution in [0.3, 0.4) is 0 Å². The van der Waals surface area contributed by atoms with Crippen molar-refractivity contribution in [1.29, 1.82) is 0 Å². The maximum absolute atomic E-state index is 13.1. The molecule has 188 valence electrons. The summed E-state index contributed by atoms with van der Waals surface area (Å²) >= 11 is 0. The number of fused-ring (bicyclic) bond motifs is 2. The molecule has 3 heteroatoms. The number of benzene rings is 2. The lowest BCUT2D eigenvalue weighted by Gasteiger charge is -2.46. The first-order chi connectivity index (χ1) is 17.7. The van der Waals surface area contributed by atoms with E-state index in [0.29, 0.717) is 0 Å². The largest absolute Gasteiger partial charge is 0.339 e. The summed E-state index contributed by atoms with van der Waals surface area (Å²) in [4.78, 5) is 18.1. The van der Waals surface area contributed by atoms with Crippen LogP contribution in [0.2, 0.25) is 0 Å². The van der Waals surface area contributed by atoms with E-state index in [0.717, 1.165) is 55.4 Å². The van der Waals surface area contributed by atoms with Crippen LogP contribution in [0, 0.1) is 11.8 Å². The van der Waals surface area contributed by atoms with Crippen molar-refractivity contribution in [3.8, 4) is 0 Å². The normalized spacial score (nSPS) is 29.4. The Labute approximate surface area is 216 Å². The SMILES string of the molecule is O=C(c1ccccc1)N1CCC(CCN2[C@@H]3CC[C@H]2C[C@@H](C2C=CC=CC2)C3)(c2ccccc2)CC1. The Balaban J connectivity index is 1.13. The summed E-state index contributed by atoms with van der Waals surface area (Å²) in [6.07, 6.45) is 19.4. The standard InChI is InChI=1S/C33H40N2O/c36-32(27-12-6-2-7-13-27)34-21-18-33(19-22-34,29-14-8-3-9-15-29)20-23-35-30-16-17-31(35)25-28(24-30)26-10-4-1-5-11-26/h1-10,12-15,26,28,30-31H,11,16-25H2/t26?,28-,30+,31-. The van der Waals surface area contributed by atoms with E-state index in [9.17, 15) is 4.79 Å². The van der Waals surface area contributed by atoms with Crippen LogP contribution in [0.1, 0.15) is 67.3 Å². The first-order valence-corrected chi connectivity index (χ1v) is 14.2. The molecule has 1 unspecified atom stereocenters. The number of piperidine rings is 2. The lowest BCUT2D eigenvalue weighted by atomic mass is 9.70. The molecule has 3 fully saturated rings. The van der Waals surface area contributed by atoms with E-state index in [1.54, 1.807) is 0 Å². The minimum Gasteiger partial charge on any atom is -0.339 e. The number of hydrogen-bond donors (Lipinski definition) is 0. The number of nitrogens with zero attached hydrogens (tertiary/aromatic N) is 2. The van der Waals surface area contributed by atoms with Gasteiger partial charge in [-0.05, 0) is 92.9 Å². The molecule has 0 radical (unpaired) electrons. The van der Waals surface area contributed by atoms with Gasteiger partial charge in [0, 0.05) is 30.7 Å². The third kappa shape index (κ3) is 4.70. The highest BCUT2D eigenvalue weighted by molar-refractivity contribution is 5.94. The van der Waals surface area contributed by atoms with Gasteiger partial charge < -0.3 is 4.90 Å². The van der Waals surface area contributed by atoms with Gasteiger partial charge in [0.15, 0.2) is 0 Å². The van der Waals surface area contributed by atoms with E-state index in [1.807, 2.05) is 30.3 Å². The molecule has 4 atom stereocenters. The Morgan fingerprint density at radius 3 is 2.17 bits per heavy atom. The summed E-state index contributed by atoms with van der Waals surface area (Å²) in [7, 11) is 0. The summed E-state index contributed by atoms with van der Waals surface area (Å²) in [5.41, 5.74) is 2.45. The highest BCUT2D eigenvalue weighted by atomic mass is 16.2. The third-order valence-corrected chi connectivity index (χ3v) is 9.80. The van der Waals surface area contributed by atoms with Crippen molar-refractivity contribution >= 4 is 5.91 Å². The van der Waals surface area contributed by atoms with Gasteiger partial charge in [0.1, 0.15) is 0 Å². The second-order valence-electron chi connectivity index (χ2n) is 11.6. The van der Waals surface area contributed by atoms with Gasteiger partial charge in [0.2, 0.25) is 0 Å². The lowest BCUT2D eigenvalue weighted by molar-refractivity contribution is 0.0574. The van der Waals surface area contributed by atoms with Crippen molar-refractivity contribution in [1.82, 2.24) is 9.80 Å². The monoisotopic (exact) mass is 480 g/mol. The Kier molecular flexibility index (Phi) is 6.84. The summed E-state index contributed by atoms with van der Waals surface area (Å²) in [6.45, 7) is 2.89. The fourth-order valence-corrected chi connectivity index (χ4v) is 7.70. The second-order valence-corrected chi connectivity index (χ2v) is 11.6. The van der Waals surface area contributed by atoms with Gasteiger partial charge in [0.25, 0.3) is 5.91 Å². The van der Waals surface area contributed by atoms with Gasteiger partial charge in [-0.3, -0.25) is 9.69 Å². The summed E-state index contributed by atoms with van der Waals surface area (Å²) in [5.74, 6) is 1.79. The Morgan fingerprint density at radius 2 is 1.53 bits per heavy atom. The number of hydrogen-bond acceptors (Lipinski definition) is 2. The van der Waals surface area contributed by atoms with Gasteiger partial charge in [-0.1, -0.05) is 72.8 Å². The maximum atomic E-state index is 13.1. The topological polar surface area (TPSA) is 23.6 Å². The number of amides is 1. The molecule has 0 aromatic heterocycles. The minimum absolute atomic E-state index is 0.169. The molecule has 3 heterocycles. The van der Waals surface area contributed by atoms with Gasteiger partial charge in [-0.15, -0.1) is 0 Å². The summed E-state index contributed by atoms with van der Waals surface area (Å²) in [5, 5.41) is 0. The first-order valence-electron chi connectivity index (χ1n) is 14.2. The molecule has 4 aliphatic rings. The molecule has 2 aromatic carbocycles. The molecule has 36 heavy (non-hydrogen) atoms. The molecule has 0 spiro atoms. The van der Waals surface area contributed by atoms with Crippen molar-refractivity contribution < 1.29 is 4.79 Å². The van der Waals surface area contributed by atoms with Crippen LogP contribution >= 0.6 is 0 Å². The van der Waals surface area contributed by atoms with E-state index >= 15 is 0 Å². The molecule has 0 saturated carbocycles. The highest BCUT2D eigenvalue weighted by Gasteiger charge is 2.44. The average molecular weight is 481 g/mol. The Bertz CT molecular complexity index is 1070. The molecule has 6 rings (SSSR count). The van der Waals surface area contributed by atoms with Crippen LogP contribution in [0.15, 0.2) is 85.0 Å². The number of likely N-dealkylation sites (tertiary alicyclic amines) is 1. The lowest BCUT2D eigenvalue weighted by Crippen LogP contribution is -2.49. The van der Waals surface area contributed by atoms with E-state index < -0.39 is 0 Å². The van der Waals surface area contributed by atoms with Crippen molar-refractivity contribution in [3.63, 3.8) is 0 Å². The molecule has 3 saturated heterocycles. The van der Waals surface area contributed by atoms with Crippen molar-refractivity contribution in [2.24, 2.45) is 11.8 Å². The van der Waals surface area contributed by atoms with Gasteiger partial charge in [-0.2, -0.15) is 0 Å². The van der Waals surface area contributed by atoms with E-state index in [2.05, 4.69) is 64.4 Å². The molecule has 3 nitrogen and oxygen atoms in total. The average Bonchev–Trinajstić information content (AvgIpc) is 3.19. The fraction of sp³-hybridized carbons (Fsp3) is 0.485. The highest BCUT2D eigenvalue weighted by Crippen LogP contribution is 2.45. The van der Waals surface area contributed by atoms with Crippen molar-refractivity contribution in [3.05, 3.63) is 96.1 Å². The van der Waals surface area contributed by atoms with Crippen LogP contribution in [-0.4, -0.2) is 47.4 Å². The van der Waals surface area contributed by atoms with E-state index in [-0.39, 0.29) is 11.3 Å². The Morgan fingerprint density at radius 1 is 0.861 bits per heavy atom. The molecule has 0 N–H and O–H groups in total. The van der Waals surface area contributed by atoms with Crippen LogP contribution < -0.4 is 0 Å². The smallest absolute Gasteiger partial charge is 0.253 e. The van der Waals surface area contributed by atoms with Crippen LogP contribution in [0.25, 0.3) is 0 Å². The van der Waals surface area contributed by atoms with Crippen LogP contribution in [0.4, 0.5) is 0 Å². The molecule has 3 aliphatic heterocycles. The van der Waals surface area contributed by atoms with Crippen molar-refractivity contribution in [2.75, 3.05) is 19.6 Å². The van der Waals surface area contributed by atoms with Gasteiger partial charge in [0.05, 0.1) is 0 Å². The summed E-state index contributed by atoms with van der Waals surface area (Å²) in [6, 6.07) is 22.5. The summed E-state index contributed by atoms with van der Waals surface area (Å²) < 4.78 is 0. The second kappa shape index (κ2) is 10.4. The predicted octanol–water partition coefficient (Wildman–Crippen LogP) is 6.63. The van der Waals surface area contributed by atoms with E-state index in [4.69, 9.17) is 0 Å². The van der Waals surface area contributed by atoms with Gasteiger partial charge >= 0.3 is 0 Å². The zero-order valence-corrected chi connectivity index (χ0v) is 21.5. The van der Waals surface area contributed by atoms with E-state index in [1.165, 1.54) is 50.6 Å². The predicted molar refractivity (Wildman–Crippen MR) is 147 cm³/mol. The zero-order valence-electron chi connectivity index (χ0n) is 21.5. The Hall–Kier alpha value is -2.65. The van der Waals surface area contributed by atoms with Gasteiger partial charge in [-0.25, -0.2) is 0 Å². The molecule has 1 aliphatic carbocycles.